The van der Waals surface area contributed by atoms with Crippen LogP contribution in [0.5, 0.6) is 0 Å². The maximum absolute atomic E-state index is 12.7. The Morgan fingerprint density at radius 3 is 2.68 bits per heavy atom. The Kier molecular flexibility index (Phi) is 3.94. The van der Waals surface area contributed by atoms with Crippen LogP contribution in [0.4, 0.5) is 0 Å². The minimum atomic E-state index is -3.51. The molecule has 1 fully saturated rings. The molecule has 1 atom stereocenters. The van der Waals surface area contributed by atoms with Gasteiger partial charge >= 0.3 is 0 Å². The maximum atomic E-state index is 12.7. The van der Waals surface area contributed by atoms with Gasteiger partial charge < -0.3 is 5.73 Å². The molecule has 1 heterocycles. The van der Waals surface area contributed by atoms with Crippen molar-refractivity contribution >= 4 is 27.2 Å². The molecule has 1 aliphatic rings. The number of hydrogen-bond donors (Lipinski definition) is 1. The summed E-state index contributed by atoms with van der Waals surface area (Å²) in [5.41, 5.74) is 7.45. The van der Waals surface area contributed by atoms with E-state index < -0.39 is 10.0 Å². The predicted molar refractivity (Wildman–Crippen MR) is 79.6 cm³/mol. The number of nitrogens with zero attached hydrogens (tertiary/aromatic N) is 1. The van der Waals surface area contributed by atoms with Gasteiger partial charge in [-0.05, 0) is 38.3 Å². The second-order valence-electron chi connectivity index (χ2n) is 4.95. The molecular formula is C13H18N2O2S2. The molecule has 0 amide bonds. The first-order valence-electron chi connectivity index (χ1n) is 6.22. The third-order valence-corrected chi connectivity index (χ3v) is 5.79. The van der Waals surface area contributed by atoms with Crippen LogP contribution < -0.4 is 5.73 Å². The Morgan fingerprint density at radius 2 is 2.11 bits per heavy atom. The highest BCUT2D eigenvalue weighted by Gasteiger charge is 2.37. The van der Waals surface area contributed by atoms with Crippen LogP contribution in [-0.4, -0.2) is 30.3 Å². The minimum absolute atomic E-state index is 0.255. The van der Waals surface area contributed by atoms with Crippen molar-refractivity contribution < 1.29 is 8.42 Å². The molecular weight excluding hydrogens is 280 g/mol. The molecule has 1 saturated heterocycles. The van der Waals surface area contributed by atoms with Crippen LogP contribution in [0.15, 0.2) is 23.1 Å². The third-order valence-electron chi connectivity index (χ3n) is 3.45. The normalized spacial score (nSPS) is 20.6. The van der Waals surface area contributed by atoms with Crippen LogP contribution in [0.3, 0.4) is 0 Å². The summed E-state index contributed by atoms with van der Waals surface area (Å²) < 4.78 is 26.8. The first-order valence-corrected chi connectivity index (χ1v) is 8.07. The van der Waals surface area contributed by atoms with Gasteiger partial charge in [-0.1, -0.05) is 29.9 Å². The lowest BCUT2D eigenvalue weighted by molar-refractivity contribution is 0.446. The van der Waals surface area contributed by atoms with E-state index in [1.165, 1.54) is 4.31 Å². The quantitative estimate of drug-likeness (QED) is 0.863. The molecule has 104 valence electrons. The van der Waals surface area contributed by atoms with Crippen molar-refractivity contribution in [3.8, 4) is 0 Å². The average Bonchev–Trinajstić information content (AvgIpc) is 2.77. The van der Waals surface area contributed by atoms with E-state index in [-0.39, 0.29) is 11.0 Å². The van der Waals surface area contributed by atoms with Gasteiger partial charge in [-0.2, -0.15) is 4.31 Å². The van der Waals surface area contributed by atoms with Crippen molar-refractivity contribution in [2.24, 2.45) is 5.73 Å². The SMILES string of the molecule is Cc1ccc(S(=O)(=O)N2CCCC2C(N)=S)c(C)c1. The summed E-state index contributed by atoms with van der Waals surface area (Å²) >= 11 is 4.98. The van der Waals surface area contributed by atoms with Gasteiger partial charge in [0.1, 0.15) is 0 Å². The lowest BCUT2D eigenvalue weighted by atomic mass is 10.2. The van der Waals surface area contributed by atoms with E-state index in [4.69, 9.17) is 18.0 Å². The number of benzene rings is 1. The first-order chi connectivity index (χ1) is 8.84. The van der Waals surface area contributed by atoms with E-state index in [0.717, 1.165) is 17.5 Å². The van der Waals surface area contributed by atoms with Crippen molar-refractivity contribution in [2.45, 2.75) is 37.6 Å². The van der Waals surface area contributed by atoms with Gasteiger partial charge in [0, 0.05) is 6.54 Å². The Bertz CT molecular complexity index is 611. The molecule has 1 aliphatic heterocycles. The highest BCUT2D eigenvalue weighted by atomic mass is 32.2. The van der Waals surface area contributed by atoms with Crippen LogP contribution in [0.1, 0.15) is 24.0 Å². The highest BCUT2D eigenvalue weighted by Crippen LogP contribution is 2.28. The van der Waals surface area contributed by atoms with Gasteiger partial charge in [-0.25, -0.2) is 8.42 Å². The summed E-state index contributed by atoms with van der Waals surface area (Å²) in [4.78, 5) is 0.604. The average molecular weight is 298 g/mol. The molecule has 0 aromatic heterocycles. The number of sulfonamides is 1. The highest BCUT2D eigenvalue weighted by molar-refractivity contribution is 7.89. The zero-order valence-corrected chi connectivity index (χ0v) is 12.7. The van der Waals surface area contributed by atoms with E-state index in [2.05, 4.69) is 0 Å². The van der Waals surface area contributed by atoms with E-state index in [0.29, 0.717) is 17.9 Å². The molecule has 2 rings (SSSR count). The molecule has 0 radical (unpaired) electrons. The zero-order chi connectivity index (χ0) is 14.2. The molecule has 0 bridgehead atoms. The van der Waals surface area contributed by atoms with E-state index in [1.54, 1.807) is 6.07 Å². The Labute approximate surface area is 119 Å². The Hall–Kier alpha value is -0.980. The van der Waals surface area contributed by atoms with E-state index in [9.17, 15) is 8.42 Å². The second kappa shape index (κ2) is 5.19. The number of rotatable bonds is 3. The zero-order valence-electron chi connectivity index (χ0n) is 11.1. The van der Waals surface area contributed by atoms with Crippen molar-refractivity contribution in [1.82, 2.24) is 4.31 Å². The maximum Gasteiger partial charge on any atom is 0.243 e. The molecule has 4 nitrogen and oxygen atoms in total. The lowest BCUT2D eigenvalue weighted by Crippen LogP contribution is -2.42. The number of hydrogen-bond acceptors (Lipinski definition) is 3. The minimum Gasteiger partial charge on any atom is -0.392 e. The fourth-order valence-electron chi connectivity index (χ4n) is 2.53. The van der Waals surface area contributed by atoms with E-state index >= 15 is 0 Å². The van der Waals surface area contributed by atoms with Crippen LogP contribution in [-0.2, 0) is 10.0 Å². The van der Waals surface area contributed by atoms with Gasteiger partial charge in [-0.15, -0.1) is 0 Å². The lowest BCUT2D eigenvalue weighted by Gasteiger charge is -2.24. The molecule has 0 aliphatic carbocycles. The summed E-state index contributed by atoms with van der Waals surface area (Å²) in [6.45, 7) is 4.24. The molecule has 1 aromatic carbocycles. The molecule has 19 heavy (non-hydrogen) atoms. The van der Waals surface area contributed by atoms with Crippen LogP contribution in [0.2, 0.25) is 0 Å². The van der Waals surface area contributed by atoms with Gasteiger partial charge in [0.15, 0.2) is 0 Å². The fraction of sp³-hybridized carbons (Fsp3) is 0.462. The van der Waals surface area contributed by atoms with E-state index in [1.807, 2.05) is 26.0 Å². The summed E-state index contributed by atoms with van der Waals surface area (Å²) in [6.07, 6.45) is 1.51. The first kappa shape index (κ1) is 14.4. The Balaban J connectivity index is 2.45. The Morgan fingerprint density at radius 1 is 1.42 bits per heavy atom. The molecule has 2 N–H and O–H groups in total. The van der Waals surface area contributed by atoms with Gasteiger partial charge in [0.05, 0.1) is 15.9 Å². The van der Waals surface area contributed by atoms with Crippen molar-refractivity contribution in [1.29, 1.82) is 0 Å². The monoisotopic (exact) mass is 298 g/mol. The summed E-state index contributed by atoms with van der Waals surface area (Å²) in [5, 5.41) is 0. The molecule has 1 aromatic rings. The van der Waals surface area contributed by atoms with Gasteiger partial charge in [0.2, 0.25) is 10.0 Å². The van der Waals surface area contributed by atoms with Gasteiger partial charge in [-0.3, -0.25) is 0 Å². The summed E-state index contributed by atoms with van der Waals surface area (Å²) in [6, 6.07) is 5.00. The van der Waals surface area contributed by atoms with Crippen molar-refractivity contribution in [3.05, 3.63) is 29.3 Å². The summed E-state index contributed by atoms with van der Waals surface area (Å²) in [7, 11) is -3.51. The van der Waals surface area contributed by atoms with Crippen LogP contribution in [0, 0.1) is 13.8 Å². The molecule has 0 saturated carbocycles. The number of thiocarbonyl (C=S) groups is 1. The standard InChI is InChI=1S/C13H18N2O2S2/c1-9-5-6-12(10(2)8-9)19(16,17)15-7-3-4-11(15)13(14)18/h5-6,8,11H,3-4,7H2,1-2H3,(H2,14,18). The van der Waals surface area contributed by atoms with Crippen molar-refractivity contribution in [3.63, 3.8) is 0 Å². The third kappa shape index (κ3) is 2.66. The number of nitrogens with two attached hydrogens (primary N) is 1. The largest absolute Gasteiger partial charge is 0.392 e. The molecule has 1 unspecified atom stereocenters. The fourth-order valence-corrected chi connectivity index (χ4v) is 4.72. The van der Waals surface area contributed by atoms with Crippen LogP contribution in [0.25, 0.3) is 0 Å². The van der Waals surface area contributed by atoms with Crippen LogP contribution >= 0.6 is 12.2 Å². The van der Waals surface area contributed by atoms with Crippen molar-refractivity contribution in [2.75, 3.05) is 6.54 Å². The predicted octanol–water partition coefficient (Wildman–Crippen LogP) is 1.74. The number of aryl methyl sites for hydroxylation is 2. The topological polar surface area (TPSA) is 63.4 Å². The second-order valence-corrected chi connectivity index (χ2v) is 7.28. The summed E-state index contributed by atoms with van der Waals surface area (Å²) in [5.74, 6) is 0. The smallest absolute Gasteiger partial charge is 0.243 e. The molecule has 0 spiro atoms. The van der Waals surface area contributed by atoms with Gasteiger partial charge in [0.25, 0.3) is 0 Å². The molecule has 6 heteroatoms.